The molecule has 3 heterocycles. The van der Waals surface area contributed by atoms with Crippen molar-refractivity contribution in [3.63, 3.8) is 0 Å². The van der Waals surface area contributed by atoms with E-state index in [9.17, 15) is 4.79 Å². The first-order chi connectivity index (χ1) is 11.8. The van der Waals surface area contributed by atoms with Gasteiger partial charge in [0.25, 0.3) is 5.91 Å². The summed E-state index contributed by atoms with van der Waals surface area (Å²) in [4.78, 5) is 14.0. The predicted molar refractivity (Wildman–Crippen MR) is 84.5 cm³/mol. The topological polar surface area (TPSA) is 96.9 Å². The summed E-state index contributed by atoms with van der Waals surface area (Å²) >= 11 is 0. The average Bonchev–Trinajstić information content (AvgIpc) is 3.34. The number of aromatic nitrogens is 5. The summed E-state index contributed by atoms with van der Waals surface area (Å²) in [6.07, 6.45) is 5.73. The second kappa shape index (κ2) is 6.54. The quantitative estimate of drug-likeness (QED) is 0.891. The maximum absolute atomic E-state index is 12.2. The first kappa shape index (κ1) is 15.0. The molecule has 1 saturated heterocycles. The molecule has 0 unspecified atom stereocenters. The molecule has 0 atom stereocenters. The molecule has 24 heavy (non-hydrogen) atoms. The van der Waals surface area contributed by atoms with E-state index in [0.29, 0.717) is 43.1 Å². The third kappa shape index (κ3) is 3.37. The number of hydrogen-bond donors (Lipinski definition) is 1. The zero-order chi connectivity index (χ0) is 16.4. The van der Waals surface area contributed by atoms with Crippen molar-refractivity contribution >= 4 is 5.91 Å². The Morgan fingerprint density at radius 3 is 2.67 bits per heavy atom. The molecule has 1 aliphatic carbocycles. The van der Waals surface area contributed by atoms with E-state index in [-0.39, 0.29) is 5.91 Å². The monoisotopic (exact) mass is 328 g/mol. The van der Waals surface area contributed by atoms with Gasteiger partial charge in [-0.25, -0.2) is 0 Å². The van der Waals surface area contributed by atoms with Crippen LogP contribution < -0.4 is 4.74 Å². The van der Waals surface area contributed by atoms with Crippen molar-refractivity contribution < 1.29 is 9.53 Å². The van der Waals surface area contributed by atoms with Crippen molar-refractivity contribution in [1.29, 1.82) is 0 Å². The van der Waals surface area contributed by atoms with Gasteiger partial charge in [0.15, 0.2) is 5.69 Å². The smallest absolute Gasteiger partial charge is 0.276 e. The Balaban J connectivity index is 1.23. The molecule has 2 aliphatic rings. The molecule has 0 aromatic carbocycles. The van der Waals surface area contributed by atoms with E-state index in [4.69, 9.17) is 4.74 Å². The molecular weight excluding hydrogens is 308 g/mol. The van der Waals surface area contributed by atoms with Crippen LogP contribution >= 0.6 is 0 Å². The van der Waals surface area contributed by atoms with Crippen molar-refractivity contribution in [3.05, 3.63) is 29.7 Å². The van der Waals surface area contributed by atoms with Crippen LogP contribution in [0.15, 0.2) is 18.3 Å². The lowest BCUT2D eigenvalue weighted by molar-refractivity contribution is 0.0653. The SMILES string of the molecule is O=C(c1cn[nH]n1)N1CCC(COc2ccc(C3CC3)nn2)CC1. The number of rotatable bonds is 5. The van der Waals surface area contributed by atoms with Crippen LogP contribution in [0.3, 0.4) is 0 Å². The minimum Gasteiger partial charge on any atom is -0.476 e. The Hall–Kier alpha value is -2.51. The van der Waals surface area contributed by atoms with Gasteiger partial charge < -0.3 is 9.64 Å². The Morgan fingerprint density at radius 1 is 1.21 bits per heavy atom. The van der Waals surface area contributed by atoms with E-state index in [1.54, 1.807) is 0 Å². The third-order valence-electron chi connectivity index (χ3n) is 4.66. The molecule has 2 fully saturated rings. The maximum Gasteiger partial charge on any atom is 0.276 e. The van der Waals surface area contributed by atoms with Crippen molar-refractivity contribution in [1.82, 2.24) is 30.5 Å². The number of hydrogen-bond acceptors (Lipinski definition) is 6. The Labute approximate surface area is 139 Å². The van der Waals surface area contributed by atoms with E-state index in [1.165, 1.54) is 19.0 Å². The van der Waals surface area contributed by atoms with Gasteiger partial charge in [0.2, 0.25) is 5.88 Å². The number of ether oxygens (including phenoxy) is 1. The first-order valence-corrected chi connectivity index (χ1v) is 8.41. The molecule has 8 heteroatoms. The van der Waals surface area contributed by atoms with Gasteiger partial charge in [-0.05, 0) is 37.7 Å². The van der Waals surface area contributed by atoms with Gasteiger partial charge in [-0.3, -0.25) is 4.79 Å². The fourth-order valence-electron chi connectivity index (χ4n) is 2.98. The number of likely N-dealkylation sites (tertiary alicyclic amines) is 1. The number of nitrogens with zero attached hydrogens (tertiary/aromatic N) is 5. The number of nitrogens with one attached hydrogen (secondary N) is 1. The highest BCUT2D eigenvalue weighted by Gasteiger charge is 2.26. The van der Waals surface area contributed by atoms with Crippen molar-refractivity contribution in [2.24, 2.45) is 5.92 Å². The van der Waals surface area contributed by atoms with Gasteiger partial charge in [-0.2, -0.15) is 20.5 Å². The average molecular weight is 328 g/mol. The van der Waals surface area contributed by atoms with E-state index < -0.39 is 0 Å². The minimum absolute atomic E-state index is 0.0651. The van der Waals surface area contributed by atoms with E-state index in [2.05, 4.69) is 25.6 Å². The lowest BCUT2D eigenvalue weighted by Crippen LogP contribution is -2.39. The van der Waals surface area contributed by atoms with Crippen LogP contribution in [0.2, 0.25) is 0 Å². The van der Waals surface area contributed by atoms with Crippen LogP contribution in [0.25, 0.3) is 0 Å². The van der Waals surface area contributed by atoms with Crippen molar-refractivity contribution in [3.8, 4) is 5.88 Å². The fraction of sp³-hybridized carbons (Fsp3) is 0.562. The molecule has 2 aromatic heterocycles. The summed E-state index contributed by atoms with van der Waals surface area (Å²) < 4.78 is 5.76. The second-order valence-electron chi connectivity index (χ2n) is 6.47. The highest BCUT2D eigenvalue weighted by atomic mass is 16.5. The van der Waals surface area contributed by atoms with Crippen LogP contribution in [0.5, 0.6) is 5.88 Å². The lowest BCUT2D eigenvalue weighted by atomic mass is 9.97. The predicted octanol–water partition coefficient (Wildman–Crippen LogP) is 1.40. The molecule has 1 saturated carbocycles. The van der Waals surface area contributed by atoms with E-state index in [1.807, 2.05) is 17.0 Å². The summed E-state index contributed by atoms with van der Waals surface area (Å²) in [5, 5.41) is 18.4. The first-order valence-electron chi connectivity index (χ1n) is 8.41. The second-order valence-corrected chi connectivity index (χ2v) is 6.47. The Kier molecular flexibility index (Phi) is 4.10. The van der Waals surface area contributed by atoms with E-state index in [0.717, 1.165) is 18.5 Å². The number of aromatic amines is 1. The lowest BCUT2D eigenvalue weighted by Gasteiger charge is -2.31. The van der Waals surface area contributed by atoms with Crippen LogP contribution in [-0.4, -0.2) is 56.1 Å². The van der Waals surface area contributed by atoms with Gasteiger partial charge in [0.1, 0.15) is 0 Å². The molecule has 1 aliphatic heterocycles. The summed E-state index contributed by atoms with van der Waals surface area (Å²) in [7, 11) is 0. The Morgan fingerprint density at radius 2 is 2.04 bits per heavy atom. The molecule has 4 rings (SSSR count). The van der Waals surface area contributed by atoms with E-state index >= 15 is 0 Å². The standard InChI is InChI=1S/C16H20N6O2/c23-16(14-9-17-21-19-14)22-7-5-11(6-8-22)10-24-15-4-3-13(18-20-15)12-1-2-12/h3-4,9,11-12H,1-2,5-8,10H2,(H,17,19,21). The van der Waals surface area contributed by atoms with Crippen molar-refractivity contribution in [2.75, 3.05) is 19.7 Å². The highest BCUT2D eigenvalue weighted by Crippen LogP contribution is 2.38. The van der Waals surface area contributed by atoms with Crippen LogP contribution in [0, 0.1) is 5.92 Å². The van der Waals surface area contributed by atoms with Gasteiger partial charge in [0.05, 0.1) is 18.5 Å². The van der Waals surface area contributed by atoms with Crippen LogP contribution in [0.4, 0.5) is 0 Å². The number of piperidine rings is 1. The largest absolute Gasteiger partial charge is 0.476 e. The zero-order valence-electron chi connectivity index (χ0n) is 13.4. The summed E-state index contributed by atoms with van der Waals surface area (Å²) in [5.74, 6) is 1.56. The zero-order valence-corrected chi connectivity index (χ0v) is 13.4. The molecule has 1 N–H and O–H groups in total. The van der Waals surface area contributed by atoms with Crippen LogP contribution in [0.1, 0.15) is 47.8 Å². The minimum atomic E-state index is -0.0651. The summed E-state index contributed by atoms with van der Waals surface area (Å²) in [6, 6.07) is 3.92. The maximum atomic E-state index is 12.2. The molecule has 0 radical (unpaired) electrons. The molecule has 0 spiro atoms. The molecule has 2 aromatic rings. The Bertz CT molecular complexity index is 675. The van der Waals surface area contributed by atoms with Crippen LogP contribution in [-0.2, 0) is 0 Å². The highest BCUT2D eigenvalue weighted by molar-refractivity contribution is 5.91. The van der Waals surface area contributed by atoms with Gasteiger partial charge in [0, 0.05) is 25.1 Å². The molecule has 126 valence electrons. The number of H-pyrrole nitrogens is 1. The molecule has 0 bridgehead atoms. The molecule has 1 amide bonds. The van der Waals surface area contributed by atoms with Gasteiger partial charge >= 0.3 is 0 Å². The summed E-state index contributed by atoms with van der Waals surface area (Å²) in [6.45, 7) is 2.04. The van der Waals surface area contributed by atoms with Gasteiger partial charge in [-0.15, -0.1) is 5.10 Å². The third-order valence-corrected chi connectivity index (χ3v) is 4.66. The number of carbonyl (C=O) groups is 1. The number of amides is 1. The number of carbonyl (C=O) groups excluding carboxylic acids is 1. The summed E-state index contributed by atoms with van der Waals surface area (Å²) in [5.41, 5.74) is 1.44. The molecular formula is C16H20N6O2. The normalized spacial score (nSPS) is 18.6. The van der Waals surface area contributed by atoms with Gasteiger partial charge in [-0.1, -0.05) is 0 Å². The fourth-order valence-corrected chi connectivity index (χ4v) is 2.98. The van der Waals surface area contributed by atoms with Crippen molar-refractivity contribution in [2.45, 2.75) is 31.6 Å². The molecule has 8 nitrogen and oxygen atoms in total.